The van der Waals surface area contributed by atoms with Gasteiger partial charge >= 0.3 is 0 Å². The molecule has 0 aliphatic rings. The summed E-state index contributed by atoms with van der Waals surface area (Å²) in [6, 6.07) is 18.4. The number of carbonyl (C=O) groups is 2. The van der Waals surface area contributed by atoms with Crippen molar-refractivity contribution in [3.05, 3.63) is 84.5 Å². The van der Waals surface area contributed by atoms with E-state index in [2.05, 4.69) is 25.9 Å². The van der Waals surface area contributed by atoms with Crippen molar-refractivity contribution in [2.75, 3.05) is 11.9 Å². The maximum atomic E-state index is 12.2. The van der Waals surface area contributed by atoms with E-state index >= 15 is 0 Å². The van der Waals surface area contributed by atoms with Crippen LogP contribution in [0.3, 0.4) is 0 Å². The van der Waals surface area contributed by atoms with Gasteiger partial charge in [0.05, 0.1) is 11.9 Å². The van der Waals surface area contributed by atoms with E-state index in [0.717, 1.165) is 5.56 Å². The molecule has 4 aromatic rings. The van der Waals surface area contributed by atoms with Crippen molar-refractivity contribution in [1.29, 1.82) is 0 Å². The molecular formula is C22H20N6O3. The maximum Gasteiger partial charge on any atom is 0.255 e. The summed E-state index contributed by atoms with van der Waals surface area (Å²) in [5.74, 6) is 0.513. The Morgan fingerprint density at radius 3 is 2.52 bits per heavy atom. The van der Waals surface area contributed by atoms with Crippen LogP contribution in [0.15, 0.2) is 77.6 Å². The van der Waals surface area contributed by atoms with Crippen LogP contribution in [0.5, 0.6) is 0 Å². The van der Waals surface area contributed by atoms with Crippen molar-refractivity contribution in [3.8, 4) is 11.4 Å². The average molecular weight is 416 g/mol. The van der Waals surface area contributed by atoms with Gasteiger partial charge in [0.1, 0.15) is 6.54 Å². The Balaban J connectivity index is 1.23. The molecule has 2 heterocycles. The summed E-state index contributed by atoms with van der Waals surface area (Å²) in [4.78, 5) is 28.7. The quantitative estimate of drug-likeness (QED) is 0.456. The van der Waals surface area contributed by atoms with Gasteiger partial charge in [-0.2, -0.15) is 10.1 Å². The van der Waals surface area contributed by atoms with Gasteiger partial charge in [0, 0.05) is 30.3 Å². The van der Waals surface area contributed by atoms with Crippen LogP contribution in [0.2, 0.25) is 0 Å². The van der Waals surface area contributed by atoms with Gasteiger partial charge in [0.25, 0.3) is 5.91 Å². The van der Waals surface area contributed by atoms with Gasteiger partial charge in [-0.25, -0.2) is 0 Å². The van der Waals surface area contributed by atoms with Crippen LogP contribution in [0.1, 0.15) is 16.2 Å². The lowest BCUT2D eigenvalue weighted by atomic mass is 10.2. The van der Waals surface area contributed by atoms with Gasteiger partial charge in [-0.05, 0) is 12.1 Å². The third-order valence-electron chi connectivity index (χ3n) is 4.39. The first-order chi connectivity index (χ1) is 15.2. The van der Waals surface area contributed by atoms with E-state index in [1.807, 2.05) is 36.4 Å². The molecule has 2 aromatic heterocycles. The lowest BCUT2D eigenvalue weighted by Crippen LogP contribution is -2.29. The molecule has 2 N–H and O–H groups in total. The first-order valence-corrected chi connectivity index (χ1v) is 9.71. The summed E-state index contributed by atoms with van der Waals surface area (Å²) in [6.45, 7) is 0.383. The highest BCUT2D eigenvalue weighted by Crippen LogP contribution is 2.14. The number of aromatic nitrogens is 4. The van der Waals surface area contributed by atoms with Crippen molar-refractivity contribution in [3.63, 3.8) is 0 Å². The van der Waals surface area contributed by atoms with Crippen LogP contribution in [0.25, 0.3) is 11.4 Å². The van der Waals surface area contributed by atoms with Crippen LogP contribution >= 0.6 is 0 Å². The average Bonchev–Trinajstić information content (AvgIpc) is 3.45. The predicted octanol–water partition coefficient (Wildman–Crippen LogP) is 2.54. The number of amides is 2. The Labute approximate surface area is 178 Å². The van der Waals surface area contributed by atoms with E-state index < -0.39 is 0 Å². The van der Waals surface area contributed by atoms with Gasteiger partial charge < -0.3 is 15.2 Å². The maximum absolute atomic E-state index is 12.2. The molecule has 0 radical (unpaired) electrons. The number of nitrogens with one attached hydrogen (secondary N) is 2. The fraction of sp³-hybridized carbons (Fsp3) is 0.136. The summed E-state index contributed by atoms with van der Waals surface area (Å²) in [5, 5.41) is 13.6. The fourth-order valence-electron chi connectivity index (χ4n) is 2.88. The van der Waals surface area contributed by atoms with Crippen LogP contribution in [0, 0.1) is 0 Å². The molecule has 0 spiro atoms. The SMILES string of the molecule is O=C(Cn1cc(NC(=O)c2ccccc2)cn1)NCCc1nc(-c2ccccc2)no1. The minimum atomic E-state index is -0.237. The summed E-state index contributed by atoms with van der Waals surface area (Å²) < 4.78 is 6.68. The minimum absolute atomic E-state index is 0.0281. The van der Waals surface area contributed by atoms with Crippen molar-refractivity contribution in [2.24, 2.45) is 0 Å². The topological polar surface area (TPSA) is 115 Å². The minimum Gasteiger partial charge on any atom is -0.354 e. The normalized spacial score (nSPS) is 10.6. The van der Waals surface area contributed by atoms with Gasteiger partial charge in [0.15, 0.2) is 0 Å². The molecule has 0 bridgehead atoms. The van der Waals surface area contributed by atoms with Crippen LogP contribution in [0.4, 0.5) is 5.69 Å². The third-order valence-corrected chi connectivity index (χ3v) is 4.39. The first kappa shape index (κ1) is 20.0. The van der Waals surface area contributed by atoms with Crippen LogP contribution in [-0.2, 0) is 17.8 Å². The molecule has 9 heteroatoms. The van der Waals surface area contributed by atoms with Gasteiger partial charge in [-0.3, -0.25) is 14.3 Å². The second-order valence-corrected chi connectivity index (χ2v) is 6.72. The molecule has 0 aliphatic heterocycles. The predicted molar refractivity (Wildman–Crippen MR) is 113 cm³/mol. The summed E-state index contributed by atoms with van der Waals surface area (Å²) in [5.41, 5.74) is 1.93. The molecule has 2 aromatic carbocycles. The Morgan fingerprint density at radius 1 is 1.00 bits per heavy atom. The van der Waals surface area contributed by atoms with E-state index in [-0.39, 0.29) is 18.4 Å². The van der Waals surface area contributed by atoms with Crippen molar-refractivity contribution >= 4 is 17.5 Å². The van der Waals surface area contributed by atoms with Crippen molar-refractivity contribution in [2.45, 2.75) is 13.0 Å². The second kappa shape index (κ2) is 9.49. The van der Waals surface area contributed by atoms with E-state index in [4.69, 9.17) is 4.52 Å². The third kappa shape index (κ3) is 5.41. The van der Waals surface area contributed by atoms with E-state index in [1.165, 1.54) is 10.9 Å². The molecule has 0 unspecified atom stereocenters. The molecule has 2 amide bonds. The van der Waals surface area contributed by atoms with E-state index in [9.17, 15) is 9.59 Å². The largest absolute Gasteiger partial charge is 0.354 e. The Bertz CT molecular complexity index is 1150. The highest BCUT2D eigenvalue weighted by atomic mass is 16.5. The number of hydrogen-bond acceptors (Lipinski definition) is 6. The molecule has 0 saturated heterocycles. The van der Waals surface area contributed by atoms with Gasteiger partial charge in [-0.15, -0.1) is 0 Å². The van der Waals surface area contributed by atoms with Gasteiger partial charge in [-0.1, -0.05) is 53.7 Å². The lowest BCUT2D eigenvalue weighted by Gasteiger charge is -2.04. The summed E-state index contributed by atoms with van der Waals surface area (Å²) in [6.07, 6.45) is 3.52. The molecular weight excluding hydrogens is 396 g/mol. The summed E-state index contributed by atoms with van der Waals surface area (Å²) in [7, 11) is 0. The van der Waals surface area contributed by atoms with Crippen LogP contribution < -0.4 is 10.6 Å². The number of hydrogen-bond donors (Lipinski definition) is 2. The fourth-order valence-corrected chi connectivity index (χ4v) is 2.88. The molecule has 0 atom stereocenters. The highest BCUT2D eigenvalue weighted by Gasteiger charge is 2.11. The van der Waals surface area contributed by atoms with E-state index in [0.29, 0.717) is 35.9 Å². The van der Waals surface area contributed by atoms with Crippen molar-refractivity contribution < 1.29 is 14.1 Å². The van der Waals surface area contributed by atoms with Crippen LogP contribution in [-0.4, -0.2) is 38.3 Å². The van der Waals surface area contributed by atoms with Gasteiger partial charge in [0.2, 0.25) is 17.6 Å². The molecule has 0 saturated carbocycles. The number of nitrogens with zero attached hydrogens (tertiary/aromatic N) is 4. The Hall–Kier alpha value is -4.27. The highest BCUT2D eigenvalue weighted by molar-refractivity contribution is 6.04. The molecule has 9 nitrogen and oxygen atoms in total. The zero-order chi connectivity index (χ0) is 21.5. The molecule has 4 rings (SSSR count). The zero-order valence-electron chi connectivity index (χ0n) is 16.6. The molecule has 31 heavy (non-hydrogen) atoms. The van der Waals surface area contributed by atoms with Crippen molar-refractivity contribution in [1.82, 2.24) is 25.2 Å². The molecule has 156 valence electrons. The Kier molecular flexibility index (Phi) is 6.13. The number of benzene rings is 2. The monoisotopic (exact) mass is 416 g/mol. The number of anilines is 1. The lowest BCUT2D eigenvalue weighted by molar-refractivity contribution is -0.121. The molecule has 0 aliphatic carbocycles. The second-order valence-electron chi connectivity index (χ2n) is 6.72. The standard InChI is InChI=1S/C22H20N6O3/c29-19(23-12-11-20-26-21(27-31-20)16-7-3-1-4-8-16)15-28-14-18(13-24-28)25-22(30)17-9-5-2-6-10-17/h1-10,13-14H,11-12,15H2,(H,23,29)(H,25,30). The number of rotatable bonds is 8. The number of carbonyl (C=O) groups excluding carboxylic acids is 2. The molecule has 0 fully saturated rings. The Morgan fingerprint density at radius 2 is 1.74 bits per heavy atom. The zero-order valence-corrected chi connectivity index (χ0v) is 16.6. The smallest absolute Gasteiger partial charge is 0.255 e. The van der Waals surface area contributed by atoms with E-state index in [1.54, 1.807) is 30.5 Å². The summed E-state index contributed by atoms with van der Waals surface area (Å²) >= 11 is 0. The first-order valence-electron chi connectivity index (χ1n) is 9.71.